The van der Waals surface area contributed by atoms with Gasteiger partial charge in [0, 0.05) is 28.9 Å². The molecule has 1 atom stereocenters. The number of thiophene rings is 1. The van der Waals surface area contributed by atoms with E-state index in [1.54, 1.807) is 17.5 Å². The first-order chi connectivity index (χ1) is 10.9. The molecule has 112 valence electrons. The van der Waals surface area contributed by atoms with E-state index >= 15 is 0 Å². The predicted octanol–water partition coefficient (Wildman–Crippen LogP) is 5.56. The zero-order chi connectivity index (χ0) is 15.2. The summed E-state index contributed by atoms with van der Waals surface area (Å²) in [6.45, 7) is 0. The molecule has 1 unspecified atom stereocenters. The van der Waals surface area contributed by atoms with E-state index in [9.17, 15) is 0 Å². The first-order valence-corrected chi connectivity index (χ1v) is 8.56. The molecule has 0 bridgehead atoms. The largest absolute Gasteiger partial charge is 0.485 e. The van der Waals surface area contributed by atoms with Gasteiger partial charge >= 0.3 is 0 Å². The van der Waals surface area contributed by atoms with Crippen molar-refractivity contribution in [1.29, 1.82) is 0 Å². The molecule has 0 radical (unpaired) electrons. The molecular formula is C18H16ClNOS. The Morgan fingerprint density at radius 3 is 2.77 bits per heavy atom. The van der Waals surface area contributed by atoms with Gasteiger partial charge in [-0.2, -0.15) is 0 Å². The minimum absolute atomic E-state index is 0.00326. The number of ether oxygens (including phenoxy) is 1. The maximum Gasteiger partial charge on any atom is 0.134 e. The molecule has 0 amide bonds. The molecule has 4 heteroatoms. The molecule has 0 fully saturated rings. The number of alkyl halides is 1. The van der Waals surface area contributed by atoms with E-state index in [1.807, 2.05) is 48.5 Å². The molecular weight excluding hydrogens is 314 g/mol. The smallest absolute Gasteiger partial charge is 0.134 e. The summed E-state index contributed by atoms with van der Waals surface area (Å²) < 4.78 is 6.16. The molecule has 0 saturated heterocycles. The lowest BCUT2D eigenvalue weighted by atomic mass is 10.1. The monoisotopic (exact) mass is 329 g/mol. The topological polar surface area (TPSA) is 22.1 Å². The predicted molar refractivity (Wildman–Crippen MR) is 92.7 cm³/mol. The summed E-state index contributed by atoms with van der Waals surface area (Å²) in [6.07, 6.45) is 2.58. The summed E-state index contributed by atoms with van der Waals surface area (Å²) in [5.74, 6) is 1.41. The maximum absolute atomic E-state index is 6.16. The third-order valence-corrected chi connectivity index (χ3v) is 4.49. The highest BCUT2D eigenvalue weighted by atomic mass is 35.5. The molecule has 22 heavy (non-hydrogen) atoms. The van der Waals surface area contributed by atoms with Crippen molar-refractivity contribution in [3.8, 4) is 17.0 Å². The molecule has 3 rings (SSSR count). The Bertz CT molecular complexity index is 700. The Labute approximate surface area is 139 Å². The summed E-state index contributed by atoms with van der Waals surface area (Å²) in [5, 5.41) is 2.06. The minimum atomic E-state index is -0.00326. The van der Waals surface area contributed by atoms with Crippen LogP contribution in [0.25, 0.3) is 11.3 Å². The number of hydrogen-bond donors (Lipinski definition) is 0. The molecule has 0 spiro atoms. The van der Waals surface area contributed by atoms with E-state index in [4.69, 9.17) is 16.3 Å². The fraction of sp³-hybridized carbons (Fsp3) is 0.167. The zero-order valence-electron chi connectivity index (χ0n) is 12.0. The third kappa shape index (κ3) is 3.67. The van der Waals surface area contributed by atoms with Crippen LogP contribution in [-0.4, -0.2) is 10.9 Å². The number of aromatic nitrogens is 1. The molecule has 0 aliphatic carbocycles. The van der Waals surface area contributed by atoms with Crippen molar-refractivity contribution in [3.05, 3.63) is 71.1 Å². The number of hydrogen-bond acceptors (Lipinski definition) is 3. The van der Waals surface area contributed by atoms with Gasteiger partial charge in [0.1, 0.15) is 11.9 Å². The summed E-state index contributed by atoms with van der Waals surface area (Å²) in [5.41, 5.74) is 1.99. The van der Waals surface area contributed by atoms with Crippen LogP contribution in [0.3, 0.4) is 0 Å². The highest BCUT2D eigenvalue weighted by molar-refractivity contribution is 7.10. The van der Waals surface area contributed by atoms with Crippen LogP contribution in [0.2, 0.25) is 0 Å². The molecule has 0 aliphatic rings. The van der Waals surface area contributed by atoms with Crippen LogP contribution in [0.4, 0.5) is 0 Å². The molecule has 0 saturated carbocycles. The standard InChI is InChI=1S/C18H16ClNOS/c19-10-9-17(18-8-4-12-22-18)21-15-6-3-5-14(13-15)16-7-1-2-11-20-16/h1-8,11-13,17H,9-10H2. The van der Waals surface area contributed by atoms with Crippen LogP contribution in [0, 0.1) is 0 Å². The SMILES string of the molecule is ClCCC(Oc1cccc(-c2ccccn2)c1)c1cccs1. The van der Waals surface area contributed by atoms with Crippen molar-refractivity contribution in [3.63, 3.8) is 0 Å². The number of rotatable bonds is 6. The van der Waals surface area contributed by atoms with Gasteiger partial charge in [0.15, 0.2) is 0 Å². The van der Waals surface area contributed by atoms with Gasteiger partial charge in [-0.15, -0.1) is 22.9 Å². The average molecular weight is 330 g/mol. The van der Waals surface area contributed by atoms with Gasteiger partial charge < -0.3 is 4.74 Å². The Morgan fingerprint density at radius 1 is 1.09 bits per heavy atom. The molecule has 2 aromatic heterocycles. The van der Waals surface area contributed by atoms with Crippen LogP contribution >= 0.6 is 22.9 Å². The van der Waals surface area contributed by atoms with Crippen LogP contribution in [0.5, 0.6) is 5.75 Å². The van der Waals surface area contributed by atoms with Crippen molar-refractivity contribution >= 4 is 22.9 Å². The molecule has 2 nitrogen and oxygen atoms in total. The maximum atomic E-state index is 6.16. The quantitative estimate of drug-likeness (QED) is 0.552. The van der Waals surface area contributed by atoms with Gasteiger partial charge in [0.05, 0.1) is 5.69 Å². The Morgan fingerprint density at radius 2 is 2.05 bits per heavy atom. The van der Waals surface area contributed by atoms with E-state index in [0.29, 0.717) is 5.88 Å². The highest BCUT2D eigenvalue weighted by Crippen LogP contribution is 2.30. The zero-order valence-corrected chi connectivity index (χ0v) is 13.6. The Balaban J connectivity index is 1.82. The molecule has 0 aliphatic heterocycles. The van der Waals surface area contributed by atoms with Gasteiger partial charge in [0.2, 0.25) is 0 Å². The highest BCUT2D eigenvalue weighted by Gasteiger charge is 2.14. The van der Waals surface area contributed by atoms with Gasteiger partial charge in [-0.3, -0.25) is 4.98 Å². The second-order valence-corrected chi connectivity index (χ2v) is 6.20. The van der Waals surface area contributed by atoms with Crippen molar-refractivity contribution in [2.45, 2.75) is 12.5 Å². The average Bonchev–Trinajstić information content (AvgIpc) is 3.10. The Kier molecular flexibility index (Phi) is 5.09. The number of pyridine rings is 1. The normalized spacial score (nSPS) is 12.0. The van der Waals surface area contributed by atoms with Crippen LogP contribution < -0.4 is 4.74 Å². The lowest BCUT2D eigenvalue weighted by Gasteiger charge is -2.17. The second kappa shape index (κ2) is 7.43. The third-order valence-electron chi connectivity index (χ3n) is 3.30. The van der Waals surface area contributed by atoms with E-state index in [-0.39, 0.29) is 6.10 Å². The lowest BCUT2D eigenvalue weighted by Crippen LogP contribution is -2.06. The van der Waals surface area contributed by atoms with E-state index in [0.717, 1.165) is 23.4 Å². The molecule has 0 N–H and O–H groups in total. The van der Waals surface area contributed by atoms with Crippen LogP contribution in [0.15, 0.2) is 66.2 Å². The van der Waals surface area contributed by atoms with Gasteiger partial charge in [0.25, 0.3) is 0 Å². The van der Waals surface area contributed by atoms with Gasteiger partial charge in [-0.05, 0) is 35.7 Å². The second-order valence-electron chi connectivity index (χ2n) is 4.84. The fourth-order valence-corrected chi connectivity index (χ4v) is 3.25. The molecule has 1 aromatic carbocycles. The molecule has 2 heterocycles. The number of halogens is 1. The summed E-state index contributed by atoms with van der Waals surface area (Å²) in [4.78, 5) is 5.58. The van der Waals surface area contributed by atoms with Crippen molar-refractivity contribution < 1.29 is 4.74 Å². The minimum Gasteiger partial charge on any atom is -0.485 e. The van der Waals surface area contributed by atoms with E-state index in [1.165, 1.54) is 4.88 Å². The summed E-state index contributed by atoms with van der Waals surface area (Å²) in [7, 11) is 0. The van der Waals surface area contributed by atoms with Crippen LogP contribution in [0.1, 0.15) is 17.4 Å². The number of nitrogens with zero attached hydrogens (tertiary/aromatic N) is 1. The summed E-state index contributed by atoms with van der Waals surface area (Å²) >= 11 is 7.62. The summed E-state index contributed by atoms with van der Waals surface area (Å²) in [6, 6.07) is 18.0. The molecule has 3 aromatic rings. The van der Waals surface area contributed by atoms with Crippen molar-refractivity contribution in [1.82, 2.24) is 4.98 Å². The first kappa shape index (κ1) is 15.1. The van der Waals surface area contributed by atoms with Crippen molar-refractivity contribution in [2.24, 2.45) is 0 Å². The fourth-order valence-electron chi connectivity index (χ4n) is 2.26. The van der Waals surface area contributed by atoms with E-state index in [2.05, 4.69) is 16.4 Å². The van der Waals surface area contributed by atoms with Crippen LogP contribution in [-0.2, 0) is 0 Å². The lowest BCUT2D eigenvalue weighted by molar-refractivity contribution is 0.206. The Hall–Kier alpha value is -1.84. The van der Waals surface area contributed by atoms with E-state index < -0.39 is 0 Å². The first-order valence-electron chi connectivity index (χ1n) is 7.14. The van der Waals surface area contributed by atoms with Gasteiger partial charge in [-0.1, -0.05) is 24.3 Å². The van der Waals surface area contributed by atoms with Crippen molar-refractivity contribution in [2.75, 3.05) is 5.88 Å². The van der Waals surface area contributed by atoms with Gasteiger partial charge in [-0.25, -0.2) is 0 Å². The number of benzene rings is 1.